The lowest BCUT2D eigenvalue weighted by Crippen LogP contribution is -2.40. The van der Waals surface area contributed by atoms with E-state index in [4.69, 9.17) is 0 Å². The van der Waals surface area contributed by atoms with Gasteiger partial charge in [0.15, 0.2) is 0 Å². The summed E-state index contributed by atoms with van der Waals surface area (Å²) in [5, 5.41) is 2.90. The number of nitrogens with zero attached hydrogens (tertiary/aromatic N) is 1. The Morgan fingerprint density at radius 1 is 1.07 bits per heavy atom. The summed E-state index contributed by atoms with van der Waals surface area (Å²) in [5.74, 6) is 1.02. The van der Waals surface area contributed by atoms with Gasteiger partial charge in [0.05, 0.1) is 11.8 Å². The average Bonchev–Trinajstić information content (AvgIpc) is 3.41. The fourth-order valence-corrected chi connectivity index (χ4v) is 5.62. The highest BCUT2D eigenvalue weighted by Gasteiger charge is 2.66. The van der Waals surface area contributed by atoms with Crippen molar-refractivity contribution in [2.75, 3.05) is 11.9 Å². The molecule has 1 aromatic rings. The van der Waals surface area contributed by atoms with Crippen molar-refractivity contribution in [3.05, 3.63) is 41.5 Å². The highest BCUT2D eigenvalue weighted by molar-refractivity contribution is 6.06. The van der Waals surface area contributed by atoms with Crippen LogP contribution in [-0.2, 0) is 14.4 Å². The first-order chi connectivity index (χ1) is 13.0. The monoisotopic (exact) mass is 364 g/mol. The minimum atomic E-state index is -0.182. The van der Waals surface area contributed by atoms with Crippen LogP contribution in [-0.4, -0.2) is 29.2 Å². The van der Waals surface area contributed by atoms with E-state index in [0.29, 0.717) is 11.8 Å². The van der Waals surface area contributed by atoms with Gasteiger partial charge in [0, 0.05) is 18.7 Å². The third-order valence-electron chi connectivity index (χ3n) is 6.97. The zero-order chi connectivity index (χ0) is 18.9. The van der Waals surface area contributed by atoms with E-state index in [1.165, 1.54) is 4.90 Å². The van der Waals surface area contributed by atoms with Crippen molar-refractivity contribution >= 4 is 23.4 Å². The number of carbonyl (C=O) groups excluding carboxylic acids is 3. The van der Waals surface area contributed by atoms with Gasteiger partial charge in [-0.3, -0.25) is 19.3 Å². The molecule has 3 fully saturated rings. The standard InChI is InChI=1S/C22H24N2O3/c1-11-3-6-17(12(2)9-11)23-18(25)7-8-24-21(26)19-13-4-5-14(16-10-15(13)16)20(19)22(24)27/h3-6,9,13-16,19-20H,7-8,10H2,1-2H3,(H,23,25)/t13-,14-,15-,16-,19-,20+/m1/s1. The van der Waals surface area contributed by atoms with Gasteiger partial charge < -0.3 is 5.32 Å². The smallest absolute Gasteiger partial charge is 0.233 e. The van der Waals surface area contributed by atoms with Crippen molar-refractivity contribution in [3.8, 4) is 0 Å². The van der Waals surface area contributed by atoms with Gasteiger partial charge in [-0.15, -0.1) is 0 Å². The molecule has 5 nitrogen and oxygen atoms in total. The van der Waals surface area contributed by atoms with Crippen molar-refractivity contribution in [2.45, 2.75) is 26.7 Å². The lowest BCUT2D eigenvalue weighted by molar-refractivity contribution is -0.140. The number of carbonyl (C=O) groups is 3. The zero-order valence-corrected chi connectivity index (χ0v) is 15.6. The van der Waals surface area contributed by atoms with Gasteiger partial charge in [0.2, 0.25) is 17.7 Å². The molecule has 0 unspecified atom stereocenters. The van der Waals surface area contributed by atoms with Crippen molar-refractivity contribution in [2.24, 2.45) is 35.5 Å². The Kier molecular flexibility index (Phi) is 3.58. The minimum absolute atomic E-state index is 0.0611. The van der Waals surface area contributed by atoms with Crippen molar-refractivity contribution in [3.63, 3.8) is 0 Å². The number of hydrogen-bond acceptors (Lipinski definition) is 3. The second kappa shape index (κ2) is 5.78. The maximum atomic E-state index is 12.9. The largest absolute Gasteiger partial charge is 0.326 e. The number of imide groups is 1. The molecule has 6 rings (SSSR count). The lowest BCUT2D eigenvalue weighted by Gasteiger charge is -2.37. The van der Waals surface area contributed by atoms with E-state index in [0.717, 1.165) is 23.2 Å². The number of rotatable bonds is 4. The number of amides is 3. The molecule has 3 amide bonds. The summed E-state index contributed by atoms with van der Waals surface area (Å²) in [6, 6.07) is 5.86. The highest BCUT2D eigenvalue weighted by Crippen LogP contribution is 2.65. The molecule has 1 aromatic carbocycles. The molecule has 1 heterocycles. The number of allylic oxidation sites excluding steroid dienone is 2. The topological polar surface area (TPSA) is 66.5 Å². The van der Waals surface area contributed by atoms with E-state index < -0.39 is 0 Å². The first-order valence-electron chi connectivity index (χ1n) is 9.86. The Hall–Kier alpha value is -2.43. The van der Waals surface area contributed by atoms with E-state index in [1.807, 2.05) is 32.0 Å². The van der Waals surface area contributed by atoms with E-state index >= 15 is 0 Å². The first kappa shape index (κ1) is 16.7. The molecule has 6 atom stereocenters. The zero-order valence-electron chi connectivity index (χ0n) is 15.6. The molecule has 0 aromatic heterocycles. The quantitative estimate of drug-likeness (QED) is 0.660. The van der Waals surface area contributed by atoms with Crippen LogP contribution in [0.1, 0.15) is 24.0 Å². The van der Waals surface area contributed by atoms with Crippen LogP contribution in [0, 0.1) is 49.4 Å². The molecule has 0 spiro atoms. The van der Waals surface area contributed by atoms with Crippen LogP contribution in [0.15, 0.2) is 30.4 Å². The molecule has 1 N–H and O–H groups in total. The Balaban J connectivity index is 1.25. The summed E-state index contributed by atoms with van der Waals surface area (Å²) in [6.45, 7) is 4.14. The molecule has 2 bridgehead atoms. The van der Waals surface area contributed by atoms with Crippen molar-refractivity contribution in [1.82, 2.24) is 4.90 Å². The van der Waals surface area contributed by atoms with Gasteiger partial charge in [-0.05, 0) is 55.6 Å². The van der Waals surface area contributed by atoms with Gasteiger partial charge in [-0.2, -0.15) is 0 Å². The van der Waals surface area contributed by atoms with Gasteiger partial charge in [0.1, 0.15) is 0 Å². The molecule has 5 heteroatoms. The maximum Gasteiger partial charge on any atom is 0.233 e. The van der Waals surface area contributed by atoms with E-state index in [9.17, 15) is 14.4 Å². The van der Waals surface area contributed by atoms with E-state index in [1.54, 1.807) is 0 Å². The maximum absolute atomic E-state index is 12.9. The summed E-state index contributed by atoms with van der Waals surface area (Å²) in [4.78, 5) is 39.5. The van der Waals surface area contributed by atoms with Crippen LogP contribution < -0.4 is 5.32 Å². The van der Waals surface area contributed by atoms with Crippen molar-refractivity contribution in [1.29, 1.82) is 0 Å². The van der Waals surface area contributed by atoms with Crippen LogP contribution >= 0.6 is 0 Å². The van der Waals surface area contributed by atoms with Crippen LogP contribution in [0.3, 0.4) is 0 Å². The molecule has 1 saturated heterocycles. The van der Waals surface area contributed by atoms with Crippen molar-refractivity contribution < 1.29 is 14.4 Å². The average molecular weight is 364 g/mol. The third-order valence-corrected chi connectivity index (χ3v) is 6.97. The van der Waals surface area contributed by atoms with Crippen LogP contribution in [0.5, 0.6) is 0 Å². The third kappa shape index (κ3) is 2.47. The Bertz CT molecular complexity index is 854. The fourth-order valence-electron chi connectivity index (χ4n) is 5.62. The van der Waals surface area contributed by atoms with Crippen LogP contribution in [0.25, 0.3) is 0 Å². The SMILES string of the molecule is Cc1ccc(NC(=O)CCN2C(=O)[C@@H]3[C@@H]4C=C[C@H]([C@H]5C[C@H]45)[C@@H]3C2=O)c(C)c1. The number of anilines is 1. The molecule has 27 heavy (non-hydrogen) atoms. The first-order valence-corrected chi connectivity index (χ1v) is 9.86. The summed E-state index contributed by atoms with van der Waals surface area (Å²) in [5.41, 5.74) is 2.92. The molecule has 4 aliphatic carbocycles. The van der Waals surface area contributed by atoms with Gasteiger partial charge >= 0.3 is 0 Å². The predicted molar refractivity (Wildman–Crippen MR) is 101 cm³/mol. The number of hydrogen-bond donors (Lipinski definition) is 1. The number of likely N-dealkylation sites (tertiary alicyclic amines) is 1. The van der Waals surface area contributed by atoms with Crippen LogP contribution in [0.2, 0.25) is 0 Å². The highest BCUT2D eigenvalue weighted by atomic mass is 16.2. The second-order valence-corrected chi connectivity index (χ2v) is 8.60. The normalized spacial score (nSPS) is 35.3. The Labute approximate surface area is 158 Å². The van der Waals surface area contributed by atoms with Gasteiger partial charge in [-0.1, -0.05) is 29.8 Å². The molecule has 5 aliphatic rings. The second-order valence-electron chi connectivity index (χ2n) is 8.60. The van der Waals surface area contributed by atoms with Crippen LogP contribution in [0.4, 0.5) is 5.69 Å². The molecular formula is C22H24N2O3. The van der Waals surface area contributed by atoms with Gasteiger partial charge in [0.25, 0.3) is 0 Å². The predicted octanol–water partition coefficient (Wildman–Crippen LogP) is 2.69. The summed E-state index contributed by atoms with van der Waals surface area (Å²) in [7, 11) is 0. The van der Waals surface area contributed by atoms with Gasteiger partial charge in [-0.25, -0.2) is 0 Å². The van der Waals surface area contributed by atoms with E-state index in [-0.39, 0.29) is 54.4 Å². The summed E-state index contributed by atoms with van der Waals surface area (Å²) >= 11 is 0. The summed E-state index contributed by atoms with van der Waals surface area (Å²) < 4.78 is 0. The molecule has 1 aliphatic heterocycles. The lowest BCUT2D eigenvalue weighted by atomic mass is 9.63. The molecular weight excluding hydrogens is 340 g/mol. The number of nitrogens with one attached hydrogen (secondary N) is 1. The number of benzene rings is 1. The number of aryl methyl sites for hydroxylation is 2. The summed E-state index contributed by atoms with van der Waals surface area (Å²) in [6.07, 6.45) is 5.64. The molecule has 0 radical (unpaired) electrons. The Morgan fingerprint density at radius 3 is 2.30 bits per heavy atom. The molecule has 2 saturated carbocycles. The fraction of sp³-hybridized carbons (Fsp3) is 0.500. The van der Waals surface area contributed by atoms with E-state index in [2.05, 4.69) is 17.5 Å². The Morgan fingerprint density at radius 2 is 1.70 bits per heavy atom. The minimum Gasteiger partial charge on any atom is -0.326 e. The molecule has 140 valence electrons.